The highest BCUT2D eigenvalue weighted by molar-refractivity contribution is 6.04. The molecule has 1 atom stereocenters. The Morgan fingerprint density at radius 1 is 1.30 bits per heavy atom. The minimum absolute atomic E-state index is 0.0233. The van der Waals surface area contributed by atoms with Gasteiger partial charge in [-0.15, -0.1) is 0 Å². The van der Waals surface area contributed by atoms with Crippen molar-refractivity contribution in [2.24, 2.45) is 5.92 Å². The first-order valence-corrected chi connectivity index (χ1v) is 9.99. The number of hydrogen-bond acceptors (Lipinski definition) is 6. The van der Waals surface area contributed by atoms with Crippen molar-refractivity contribution in [3.05, 3.63) is 53.7 Å². The highest BCUT2D eigenvalue weighted by Gasteiger charge is 2.23. The molecule has 0 spiro atoms. The van der Waals surface area contributed by atoms with Crippen molar-refractivity contribution in [1.29, 1.82) is 5.26 Å². The van der Waals surface area contributed by atoms with Crippen LogP contribution in [0.1, 0.15) is 42.6 Å². The van der Waals surface area contributed by atoms with E-state index in [-0.39, 0.29) is 11.8 Å². The first kappa shape index (κ1) is 19.9. The monoisotopic (exact) mass is 404 g/mol. The van der Waals surface area contributed by atoms with E-state index in [1.165, 1.54) is 0 Å². The maximum atomic E-state index is 12.7. The predicted octanol–water partition coefficient (Wildman–Crippen LogP) is 2.95. The lowest BCUT2D eigenvalue weighted by Gasteiger charge is -2.31. The number of benzene rings is 1. The van der Waals surface area contributed by atoms with E-state index in [0.29, 0.717) is 23.6 Å². The van der Waals surface area contributed by atoms with Gasteiger partial charge in [-0.3, -0.25) is 4.79 Å². The van der Waals surface area contributed by atoms with Crippen LogP contribution in [0.3, 0.4) is 0 Å². The zero-order valence-electron chi connectivity index (χ0n) is 17.0. The van der Waals surface area contributed by atoms with Gasteiger partial charge >= 0.3 is 0 Å². The predicted molar refractivity (Wildman–Crippen MR) is 113 cm³/mol. The smallest absolute Gasteiger partial charge is 0.256 e. The number of piperidine rings is 1. The second-order valence-corrected chi connectivity index (χ2v) is 8.11. The number of nitrogens with one attached hydrogen (secondary N) is 1. The third-order valence-corrected chi connectivity index (χ3v) is 5.36. The van der Waals surface area contributed by atoms with Crippen LogP contribution in [0.25, 0.3) is 5.65 Å². The third-order valence-electron chi connectivity index (χ3n) is 5.36. The number of amides is 1. The lowest BCUT2D eigenvalue weighted by molar-refractivity contribution is 0.0785. The molecule has 2 aromatic heterocycles. The number of aliphatic hydroxyl groups is 1. The van der Waals surface area contributed by atoms with E-state index in [4.69, 9.17) is 0 Å². The fourth-order valence-electron chi connectivity index (χ4n) is 3.69. The van der Waals surface area contributed by atoms with Gasteiger partial charge in [-0.25, -0.2) is 4.98 Å². The number of fused-ring (bicyclic) bond motifs is 1. The topological polar surface area (TPSA) is 107 Å². The summed E-state index contributed by atoms with van der Waals surface area (Å²) in [5, 5.41) is 26.6. The second kappa shape index (κ2) is 7.76. The Balaban J connectivity index is 1.60. The summed E-state index contributed by atoms with van der Waals surface area (Å²) in [5.74, 6) is 0.921. The van der Waals surface area contributed by atoms with Crippen LogP contribution in [0.15, 0.2) is 42.6 Å². The van der Waals surface area contributed by atoms with Crippen molar-refractivity contribution in [1.82, 2.24) is 14.6 Å². The molecular weight excluding hydrogens is 380 g/mol. The van der Waals surface area contributed by atoms with Gasteiger partial charge in [0.15, 0.2) is 5.65 Å². The van der Waals surface area contributed by atoms with Crippen LogP contribution in [0.2, 0.25) is 0 Å². The normalized spacial score (nSPS) is 17.0. The molecule has 3 heterocycles. The van der Waals surface area contributed by atoms with Crippen molar-refractivity contribution in [2.45, 2.75) is 32.3 Å². The van der Waals surface area contributed by atoms with Gasteiger partial charge < -0.3 is 15.3 Å². The Morgan fingerprint density at radius 2 is 2.07 bits per heavy atom. The zero-order valence-corrected chi connectivity index (χ0v) is 17.0. The van der Waals surface area contributed by atoms with Gasteiger partial charge in [-0.05, 0) is 44.4 Å². The number of anilines is 2. The molecule has 0 aliphatic carbocycles. The van der Waals surface area contributed by atoms with Gasteiger partial charge in [-0.2, -0.15) is 14.9 Å². The van der Waals surface area contributed by atoms with E-state index in [1.807, 2.05) is 0 Å². The maximum absolute atomic E-state index is 12.7. The average Bonchev–Trinajstić information content (AvgIpc) is 3.21. The molecule has 30 heavy (non-hydrogen) atoms. The van der Waals surface area contributed by atoms with Gasteiger partial charge in [-0.1, -0.05) is 12.1 Å². The van der Waals surface area contributed by atoms with E-state index in [0.717, 1.165) is 30.8 Å². The van der Waals surface area contributed by atoms with E-state index < -0.39 is 5.60 Å². The Bertz CT molecular complexity index is 1110. The highest BCUT2D eigenvalue weighted by atomic mass is 16.3. The summed E-state index contributed by atoms with van der Waals surface area (Å²) in [6.45, 7) is 4.85. The first-order chi connectivity index (χ1) is 14.3. The molecule has 1 aromatic carbocycles. The number of nitriles is 1. The number of rotatable bonds is 4. The molecule has 1 aliphatic rings. The fourth-order valence-corrected chi connectivity index (χ4v) is 3.69. The second-order valence-electron chi connectivity index (χ2n) is 8.11. The molecule has 1 amide bonds. The number of carbonyl (C=O) groups is 1. The summed E-state index contributed by atoms with van der Waals surface area (Å²) in [5.41, 5.74) is 0.868. The maximum Gasteiger partial charge on any atom is 0.256 e. The van der Waals surface area contributed by atoms with Crippen molar-refractivity contribution >= 4 is 23.2 Å². The third kappa shape index (κ3) is 3.98. The van der Waals surface area contributed by atoms with E-state index in [2.05, 4.69) is 26.4 Å². The number of carbonyl (C=O) groups excluding carboxylic acids is 1. The van der Waals surface area contributed by atoms with Crippen molar-refractivity contribution in [2.75, 3.05) is 23.3 Å². The molecule has 1 unspecified atom stereocenters. The molecule has 0 radical (unpaired) electrons. The fraction of sp³-hybridized carbons (Fsp3) is 0.364. The van der Waals surface area contributed by atoms with Crippen LogP contribution in [-0.4, -0.2) is 38.7 Å². The van der Waals surface area contributed by atoms with Crippen LogP contribution in [-0.2, 0) is 5.60 Å². The molecule has 8 heteroatoms. The van der Waals surface area contributed by atoms with Crippen LogP contribution in [0.4, 0.5) is 11.6 Å². The summed E-state index contributed by atoms with van der Waals surface area (Å²) in [6.07, 6.45) is 3.49. The van der Waals surface area contributed by atoms with Crippen LogP contribution in [0, 0.1) is 17.2 Å². The van der Waals surface area contributed by atoms with Gasteiger partial charge in [0, 0.05) is 30.8 Å². The number of nitrogens with zero attached hydrogens (tertiary/aromatic N) is 5. The average molecular weight is 404 g/mol. The van der Waals surface area contributed by atoms with Crippen molar-refractivity contribution in [3.63, 3.8) is 0 Å². The molecule has 8 nitrogen and oxygen atoms in total. The minimum atomic E-state index is -0.964. The molecule has 1 fully saturated rings. The van der Waals surface area contributed by atoms with E-state index in [1.54, 1.807) is 61.0 Å². The molecule has 3 aromatic rings. The van der Waals surface area contributed by atoms with Crippen molar-refractivity contribution in [3.8, 4) is 6.07 Å². The van der Waals surface area contributed by atoms with Gasteiger partial charge in [0.05, 0.1) is 23.8 Å². The number of hydrogen-bond donors (Lipinski definition) is 2. The summed E-state index contributed by atoms with van der Waals surface area (Å²) in [4.78, 5) is 19.3. The Kier molecular flexibility index (Phi) is 5.14. The Morgan fingerprint density at radius 3 is 2.77 bits per heavy atom. The summed E-state index contributed by atoms with van der Waals surface area (Å²) in [6, 6.07) is 12.8. The van der Waals surface area contributed by atoms with Gasteiger partial charge in [0.2, 0.25) is 0 Å². The van der Waals surface area contributed by atoms with Crippen molar-refractivity contribution < 1.29 is 9.90 Å². The lowest BCUT2D eigenvalue weighted by atomic mass is 9.97. The standard InChI is InChI=1S/C22H24N6O2/c1-22(2,30)17-7-5-16(6-8-17)21(29)26-18-12-20(28-19(25-18)9-10-24-28)27-11-3-4-15(13-23)14-27/h5-10,12,15,30H,3-4,11,14H2,1-2H3,(H,25,26,29). The molecule has 1 aliphatic heterocycles. The zero-order chi connectivity index (χ0) is 21.3. The molecule has 1 saturated heterocycles. The largest absolute Gasteiger partial charge is 0.386 e. The molecule has 154 valence electrons. The Labute approximate surface area is 174 Å². The summed E-state index contributed by atoms with van der Waals surface area (Å²) in [7, 11) is 0. The highest BCUT2D eigenvalue weighted by Crippen LogP contribution is 2.26. The first-order valence-electron chi connectivity index (χ1n) is 9.99. The molecule has 0 saturated carbocycles. The molecule has 0 bridgehead atoms. The number of aromatic nitrogens is 3. The molecule has 4 rings (SSSR count). The van der Waals surface area contributed by atoms with Gasteiger partial charge in [0.1, 0.15) is 11.6 Å². The van der Waals surface area contributed by atoms with Gasteiger partial charge in [0.25, 0.3) is 5.91 Å². The van der Waals surface area contributed by atoms with Crippen LogP contribution < -0.4 is 10.2 Å². The minimum Gasteiger partial charge on any atom is -0.386 e. The summed E-state index contributed by atoms with van der Waals surface area (Å²) < 4.78 is 1.73. The lowest BCUT2D eigenvalue weighted by Crippen LogP contribution is -2.36. The molecule has 2 N–H and O–H groups in total. The Hall–Kier alpha value is -3.44. The summed E-state index contributed by atoms with van der Waals surface area (Å²) >= 11 is 0. The van der Waals surface area contributed by atoms with Crippen LogP contribution >= 0.6 is 0 Å². The molecular formula is C22H24N6O2. The van der Waals surface area contributed by atoms with Crippen LogP contribution in [0.5, 0.6) is 0 Å². The quantitative estimate of drug-likeness (QED) is 0.692. The SMILES string of the molecule is CC(C)(O)c1ccc(C(=O)Nc2cc(N3CCCC(C#N)C3)n3nccc3n2)cc1. The van der Waals surface area contributed by atoms with E-state index in [9.17, 15) is 15.2 Å². The van der Waals surface area contributed by atoms with E-state index >= 15 is 0 Å².